The third-order valence-corrected chi connectivity index (χ3v) is 6.92. The minimum Gasteiger partial charge on any atom is -0.345 e. The number of guanidine groups is 1. The number of hydrogen-bond donors (Lipinski definition) is 2. The predicted molar refractivity (Wildman–Crippen MR) is 111 cm³/mol. The zero-order valence-electron chi connectivity index (χ0n) is 15.7. The fraction of sp³-hybridized carbons (Fsp3) is 0.400. The summed E-state index contributed by atoms with van der Waals surface area (Å²) in [4.78, 5) is 15.6. The maximum absolute atomic E-state index is 13.2. The van der Waals surface area contributed by atoms with Crippen LogP contribution in [0.4, 0.5) is 0 Å². The van der Waals surface area contributed by atoms with Gasteiger partial charge in [0.05, 0.1) is 15.2 Å². The van der Waals surface area contributed by atoms with Gasteiger partial charge in [0.2, 0.25) is 5.91 Å². The van der Waals surface area contributed by atoms with Crippen molar-refractivity contribution >= 4 is 39.1 Å². The van der Waals surface area contributed by atoms with E-state index in [1.54, 1.807) is 18.4 Å². The maximum Gasteiger partial charge on any atom is 0.239 e. The molecule has 26 heavy (non-hydrogen) atoms. The Labute approximate surface area is 167 Å². The molecule has 1 saturated heterocycles. The molecule has 2 heterocycles. The Hall–Kier alpha value is -1.66. The molecule has 1 aromatic heterocycles. The molecule has 1 aromatic carbocycles. The molecule has 2 atom stereocenters. The molecule has 1 fully saturated rings. The van der Waals surface area contributed by atoms with Crippen LogP contribution in [0.15, 0.2) is 40.2 Å². The van der Waals surface area contributed by atoms with Gasteiger partial charge >= 0.3 is 0 Å². The van der Waals surface area contributed by atoms with E-state index in [4.69, 9.17) is 5.41 Å². The number of nitrogens with one attached hydrogen (secondary N) is 2. The lowest BCUT2D eigenvalue weighted by molar-refractivity contribution is -0.131. The third-order valence-electron chi connectivity index (χ3n) is 5.06. The van der Waals surface area contributed by atoms with E-state index in [-0.39, 0.29) is 17.3 Å². The Kier molecular flexibility index (Phi) is 4.78. The number of amides is 1. The number of rotatable bonds is 2. The molecule has 1 aliphatic heterocycles. The van der Waals surface area contributed by atoms with Crippen LogP contribution in [-0.4, -0.2) is 23.8 Å². The first kappa shape index (κ1) is 19.1. The van der Waals surface area contributed by atoms with Crippen molar-refractivity contribution in [3.8, 4) is 0 Å². The summed E-state index contributed by atoms with van der Waals surface area (Å²) in [6.07, 6.45) is 0. The number of likely N-dealkylation sites (N-methyl/N-ethyl adjacent to an activating group) is 1. The van der Waals surface area contributed by atoms with Crippen LogP contribution in [0.1, 0.15) is 49.6 Å². The van der Waals surface area contributed by atoms with Gasteiger partial charge in [-0.3, -0.25) is 15.1 Å². The van der Waals surface area contributed by atoms with Gasteiger partial charge in [-0.25, -0.2) is 0 Å². The van der Waals surface area contributed by atoms with Crippen LogP contribution in [0.5, 0.6) is 0 Å². The van der Waals surface area contributed by atoms with Crippen molar-refractivity contribution < 1.29 is 4.79 Å². The summed E-state index contributed by atoms with van der Waals surface area (Å²) < 4.78 is 1.01. The molecule has 0 spiro atoms. The number of carbonyl (C=O) groups is 1. The van der Waals surface area contributed by atoms with Crippen LogP contribution in [0.25, 0.3) is 0 Å². The van der Waals surface area contributed by atoms with Crippen molar-refractivity contribution in [2.45, 2.75) is 44.6 Å². The smallest absolute Gasteiger partial charge is 0.239 e. The quantitative estimate of drug-likeness (QED) is 0.713. The first-order valence-electron chi connectivity index (χ1n) is 8.54. The average molecular weight is 434 g/mol. The van der Waals surface area contributed by atoms with Crippen molar-refractivity contribution in [3.63, 3.8) is 0 Å². The molecule has 0 saturated carbocycles. The third kappa shape index (κ3) is 3.21. The predicted octanol–water partition coefficient (Wildman–Crippen LogP) is 4.80. The standard InChI is InChI=1S/C20H24BrN3OS/c1-19(2,3)13-8-6-12(7-9-13)16-17(25)24(5)18(22)23-20(16,4)14-10-11-15(21)26-14/h6-11,16H,1-5H3,(H2,22,23)/t16-,20-/m1/s1. The molecule has 1 amide bonds. The molecule has 6 heteroatoms. The minimum atomic E-state index is -0.666. The number of halogens is 1. The molecule has 0 radical (unpaired) electrons. The highest BCUT2D eigenvalue weighted by Gasteiger charge is 2.49. The van der Waals surface area contributed by atoms with E-state index in [0.717, 1.165) is 14.2 Å². The summed E-state index contributed by atoms with van der Waals surface area (Å²) in [5.41, 5.74) is 1.59. The van der Waals surface area contributed by atoms with Crippen molar-refractivity contribution in [2.75, 3.05) is 7.05 Å². The lowest BCUT2D eigenvalue weighted by Gasteiger charge is -2.45. The molecule has 4 nitrogen and oxygen atoms in total. The van der Waals surface area contributed by atoms with E-state index in [2.05, 4.69) is 66.3 Å². The normalized spacial score (nSPS) is 23.9. The van der Waals surface area contributed by atoms with E-state index in [1.165, 1.54) is 10.5 Å². The summed E-state index contributed by atoms with van der Waals surface area (Å²) in [7, 11) is 1.65. The van der Waals surface area contributed by atoms with Gasteiger partial charge in [-0.15, -0.1) is 11.3 Å². The number of hydrogen-bond acceptors (Lipinski definition) is 3. The first-order valence-corrected chi connectivity index (χ1v) is 10.2. The average Bonchev–Trinajstić information content (AvgIpc) is 3.00. The number of nitrogens with zero attached hydrogens (tertiary/aromatic N) is 1. The topological polar surface area (TPSA) is 56.2 Å². The highest BCUT2D eigenvalue weighted by molar-refractivity contribution is 9.11. The van der Waals surface area contributed by atoms with Gasteiger partial charge in [-0.2, -0.15) is 0 Å². The number of benzene rings is 1. The molecule has 3 rings (SSSR count). The fourth-order valence-electron chi connectivity index (χ4n) is 3.40. The van der Waals surface area contributed by atoms with Gasteiger partial charge < -0.3 is 5.32 Å². The summed E-state index contributed by atoms with van der Waals surface area (Å²) in [5.74, 6) is -0.338. The van der Waals surface area contributed by atoms with Gasteiger partial charge in [0, 0.05) is 11.9 Å². The highest BCUT2D eigenvalue weighted by atomic mass is 79.9. The Morgan fingerprint density at radius 3 is 2.31 bits per heavy atom. The SMILES string of the molecule is CN1C(=N)N[C@](C)(c2ccc(Br)s2)[C@H](c2ccc(C(C)(C)C)cc2)C1=O. The molecule has 2 aromatic rings. The molecule has 1 aliphatic rings. The van der Waals surface area contributed by atoms with Gasteiger partial charge in [0.15, 0.2) is 5.96 Å². The molecule has 0 aliphatic carbocycles. The fourth-order valence-corrected chi connectivity index (χ4v) is 4.92. The second-order valence-electron chi connectivity index (χ2n) is 7.98. The minimum absolute atomic E-state index is 0.0637. The molecule has 0 unspecified atom stereocenters. The van der Waals surface area contributed by atoms with Gasteiger partial charge in [0.25, 0.3) is 0 Å². The summed E-state index contributed by atoms with van der Waals surface area (Å²) >= 11 is 5.11. The van der Waals surface area contributed by atoms with Crippen LogP contribution in [-0.2, 0) is 15.7 Å². The largest absolute Gasteiger partial charge is 0.345 e. The van der Waals surface area contributed by atoms with Crippen LogP contribution >= 0.6 is 27.3 Å². The lowest BCUT2D eigenvalue weighted by atomic mass is 9.76. The molecule has 2 N–H and O–H groups in total. The maximum atomic E-state index is 13.2. The van der Waals surface area contributed by atoms with E-state index >= 15 is 0 Å². The van der Waals surface area contributed by atoms with Crippen LogP contribution in [0.3, 0.4) is 0 Å². The van der Waals surface area contributed by atoms with Crippen molar-refractivity contribution in [1.82, 2.24) is 10.2 Å². The number of carbonyl (C=O) groups excluding carboxylic acids is 1. The Morgan fingerprint density at radius 2 is 1.81 bits per heavy atom. The Bertz CT molecular complexity index is 853. The molecular weight excluding hydrogens is 410 g/mol. The number of thiophene rings is 1. The van der Waals surface area contributed by atoms with E-state index in [9.17, 15) is 4.79 Å². The second-order valence-corrected chi connectivity index (χ2v) is 10.4. The van der Waals surface area contributed by atoms with Crippen molar-refractivity contribution in [1.29, 1.82) is 5.41 Å². The molecule has 138 valence electrons. The van der Waals surface area contributed by atoms with Crippen LogP contribution in [0, 0.1) is 5.41 Å². The zero-order valence-corrected chi connectivity index (χ0v) is 18.1. The van der Waals surface area contributed by atoms with Gasteiger partial charge in [-0.1, -0.05) is 45.0 Å². The summed E-state index contributed by atoms with van der Waals surface area (Å²) in [5, 5.41) is 11.5. The summed E-state index contributed by atoms with van der Waals surface area (Å²) in [6, 6.07) is 12.3. The van der Waals surface area contributed by atoms with E-state index < -0.39 is 11.5 Å². The Balaban J connectivity index is 2.10. The zero-order chi connectivity index (χ0) is 19.3. The van der Waals surface area contributed by atoms with E-state index in [1.807, 2.05) is 19.1 Å². The molecular formula is C20H24BrN3OS. The Morgan fingerprint density at radius 1 is 1.19 bits per heavy atom. The first-order chi connectivity index (χ1) is 12.0. The van der Waals surface area contributed by atoms with E-state index in [0.29, 0.717) is 0 Å². The second kappa shape index (κ2) is 6.50. The van der Waals surface area contributed by atoms with Gasteiger partial charge in [-0.05, 0) is 51.5 Å². The lowest BCUT2D eigenvalue weighted by Crippen LogP contribution is -2.62. The van der Waals surface area contributed by atoms with Crippen LogP contribution < -0.4 is 5.32 Å². The highest BCUT2D eigenvalue weighted by Crippen LogP contribution is 2.44. The van der Waals surface area contributed by atoms with Crippen LogP contribution in [0.2, 0.25) is 0 Å². The summed E-state index contributed by atoms with van der Waals surface area (Å²) in [6.45, 7) is 8.54. The molecule has 0 bridgehead atoms. The van der Waals surface area contributed by atoms with Gasteiger partial charge in [0.1, 0.15) is 0 Å². The monoisotopic (exact) mass is 433 g/mol. The van der Waals surface area contributed by atoms with Crippen molar-refractivity contribution in [3.05, 3.63) is 56.2 Å². The van der Waals surface area contributed by atoms with Crippen molar-refractivity contribution in [2.24, 2.45) is 0 Å².